The molecule has 15 heavy (non-hydrogen) atoms. The number of hydrogen-bond donors (Lipinski definition) is 2. The molecule has 0 radical (unpaired) electrons. The van der Waals surface area contributed by atoms with Crippen molar-refractivity contribution in [1.29, 1.82) is 0 Å². The summed E-state index contributed by atoms with van der Waals surface area (Å²) >= 11 is 0. The third kappa shape index (κ3) is 5.56. The minimum atomic E-state index is -0.760. The summed E-state index contributed by atoms with van der Waals surface area (Å²) in [5, 5.41) is 2.17. The Morgan fingerprint density at radius 1 is 1.33 bits per heavy atom. The molecule has 0 saturated carbocycles. The molecule has 0 rings (SSSR count). The fourth-order valence-electron chi connectivity index (χ4n) is 0.684. The van der Waals surface area contributed by atoms with Gasteiger partial charge in [-0.05, 0) is 20.8 Å². The summed E-state index contributed by atoms with van der Waals surface area (Å²) in [5.74, 6) is -0.733. The van der Waals surface area contributed by atoms with Crippen LogP contribution >= 0.6 is 0 Å². The van der Waals surface area contributed by atoms with Crippen molar-refractivity contribution < 1.29 is 19.1 Å². The molecule has 0 spiro atoms. The molecule has 1 amide bonds. The molecule has 0 aromatic carbocycles. The van der Waals surface area contributed by atoms with Crippen LogP contribution in [0.25, 0.3) is 0 Å². The standard InChI is InChI=1S/C9H16N2O4/c1-9(2,3)15-8(13)11-6(5-10)7(12)14-4/h5H,10H2,1-4H3,(H,11,13)/b6-5+. The lowest BCUT2D eigenvalue weighted by atomic mass is 10.2. The van der Waals surface area contributed by atoms with Gasteiger partial charge in [-0.3, -0.25) is 5.32 Å². The maximum absolute atomic E-state index is 11.2. The number of alkyl carbamates (subject to hydrolysis) is 1. The molecule has 0 bridgehead atoms. The van der Waals surface area contributed by atoms with Gasteiger partial charge in [0.05, 0.1) is 7.11 Å². The van der Waals surface area contributed by atoms with Crippen molar-refractivity contribution in [3.05, 3.63) is 11.9 Å². The summed E-state index contributed by atoms with van der Waals surface area (Å²) in [6, 6.07) is 0. The molecule has 0 fully saturated rings. The number of hydrogen-bond acceptors (Lipinski definition) is 5. The van der Waals surface area contributed by atoms with E-state index in [0.717, 1.165) is 6.20 Å². The van der Waals surface area contributed by atoms with Gasteiger partial charge < -0.3 is 15.2 Å². The van der Waals surface area contributed by atoms with E-state index in [4.69, 9.17) is 10.5 Å². The van der Waals surface area contributed by atoms with Crippen LogP contribution in [0.1, 0.15) is 20.8 Å². The van der Waals surface area contributed by atoms with Crippen molar-refractivity contribution in [3.8, 4) is 0 Å². The summed E-state index contributed by atoms with van der Waals surface area (Å²) in [6.07, 6.45) is 0.181. The first-order valence-corrected chi connectivity index (χ1v) is 4.30. The molecule has 0 unspecified atom stereocenters. The SMILES string of the molecule is COC(=O)/C(=C\N)NC(=O)OC(C)(C)C. The second kappa shape index (κ2) is 5.23. The first-order chi connectivity index (χ1) is 6.80. The molecule has 0 atom stereocenters. The van der Waals surface area contributed by atoms with Gasteiger partial charge in [-0.25, -0.2) is 9.59 Å². The summed E-state index contributed by atoms with van der Waals surface area (Å²) < 4.78 is 9.29. The molecule has 0 aromatic rings. The monoisotopic (exact) mass is 216 g/mol. The third-order valence-electron chi connectivity index (χ3n) is 1.21. The molecule has 0 aliphatic rings. The topological polar surface area (TPSA) is 90.6 Å². The minimum absolute atomic E-state index is 0.160. The highest BCUT2D eigenvalue weighted by Crippen LogP contribution is 2.07. The number of amides is 1. The Balaban J connectivity index is 4.34. The Morgan fingerprint density at radius 2 is 1.87 bits per heavy atom. The van der Waals surface area contributed by atoms with E-state index in [-0.39, 0.29) is 5.70 Å². The highest BCUT2D eigenvalue weighted by atomic mass is 16.6. The number of esters is 1. The predicted octanol–water partition coefficient (Wildman–Crippen LogP) is 0.484. The number of ether oxygens (including phenoxy) is 2. The zero-order valence-electron chi connectivity index (χ0n) is 9.29. The Kier molecular flexibility index (Phi) is 4.63. The minimum Gasteiger partial charge on any atom is -0.464 e. The van der Waals surface area contributed by atoms with Crippen LogP contribution in [0.3, 0.4) is 0 Å². The van der Waals surface area contributed by atoms with Crippen LogP contribution in [0.5, 0.6) is 0 Å². The average molecular weight is 216 g/mol. The first-order valence-electron chi connectivity index (χ1n) is 4.30. The summed E-state index contributed by atoms with van der Waals surface area (Å²) in [7, 11) is 1.18. The lowest BCUT2D eigenvalue weighted by molar-refractivity contribution is -0.136. The number of carbonyl (C=O) groups excluding carboxylic acids is 2. The second-order valence-corrected chi connectivity index (χ2v) is 3.70. The first kappa shape index (κ1) is 13.3. The number of methoxy groups -OCH3 is 1. The van der Waals surface area contributed by atoms with E-state index in [9.17, 15) is 9.59 Å². The van der Waals surface area contributed by atoms with E-state index in [1.165, 1.54) is 7.11 Å². The molecule has 86 valence electrons. The smallest absolute Gasteiger partial charge is 0.412 e. The van der Waals surface area contributed by atoms with Gasteiger partial charge in [0.25, 0.3) is 0 Å². The van der Waals surface area contributed by atoms with Crippen molar-refractivity contribution in [2.75, 3.05) is 7.11 Å². The van der Waals surface area contributed by atoms with Gasteiger partial charge >= 0.3 is 12.1 Å². The van der Waals surface area contributed by atoms with E-state index in [2.05, 4.69) is 10.1 Å². The maximum atomic E-state index is 11.2. The Labute approximate surface area is 88.4 Å². The predicted molar refractivity (Wildman–Crippen MR) is 53.7 cm³/mol. The van der Waals surface area contributed by atoms with Crippen molar-refractivity contribution in [2.45, 2.75) is 26.4 Å². The van der Waals surface area contributed by atoms with Crippen molar-refractivity contribution in [1.82, 2.24) is 5.32 Å². The molecular formula is C9H16N2O4. The van der Waals surface area contributed by atoms with E-state index in [0.29, 0.717) is 0 Å². The molecule has 6 nitrogen and oxygen atoms in total. The quantitative estimate of drug-likeness (QED) is 0.517. The normalized spacial score (nSPS) is 11.9. The van der Waals surface area contributed by atoms with Crippen molar-refractivity contribution in [2.24, 2.45) is 5.73 Å². The average Bonchev–Trinajstić information content (AvgIpc) is 2.10. The summed E-state index contributed by atoms with van der Waals surface area (Å²) in [5.41, 5.74) is 4.33. The highest BCUT2D eigenvalue weighted by Gasteiger charge is 2.19. The molecule has 0 aromatic heterocycles. The van der Waals surface area contributed by atoms with Gasteiger partial charge in [-0.2, -0.15) is 0 Å². The maximum Gasteiger partial charge on any atom is 0.412 e. The molecule has 0 saturated heterocycles. The van der Waals surface area contributed by atoms with Crippen LogP contribution in [0.2, 0.25) is 0 Å². The van der Waals surface area contributed by atoms with E-state index < -0.39 is 17.7 Å². The summed E-state index contributed by atoms with van der Waals surface area (Å²) in [6.45, 7) is 5.11. The molecule has 0 heterocycles. The zero-order chi connectivity index (χ0) is 12.1. The number of rotatable bonds is 2. The van der Waals surface area contributed by atoms with Crippen LogP contribution in [0, 0.1) is 0 Å². The van der Waals surface area contributed by atoms with Gasteiger partial charge in [0.1, 0.15) is 11.3 Å². The van der Waals surface area contributed by atoms with Gasteiger partial charge in [0, 0.05) is 6.20 Å². The van der Waals surface area contributed by atoms with Gasteiger partial charge in [0.2, 0.25) is 0 Å². The van der Waals surface area contributed by atoms with Crippen molar-refractivity contribution in [3.63, 3.8) is 0 Å². The van der Waals surface area contributed by atoms with Gasteiger partial charge in [0.15, 0.2) is 0 Å². The molecule has 0 aliphatic carbocycles. The van der Waals surface area contributed by atoms with Crippen LogP contribution in [-0.2, 0) is 14.3 Å². The summed E-state index contributed by atoms with van der Waals surface area (Å²) in [4.78, 5) is 22.2. The number of carbonyl (C=O) groups is 2. The Hall–Kier alpha value is -1.72. The fourth-order valence-corrected chi connectivity index (χ4v) is 0.684. The second-order valence-electron chi connectivity index (χ2n) is 3.70. The molecule has 3 N–H and O–H groups in total. The van der Waals surface area contributed by atoms with Gasteiger partial charge in [-0.15, -0.1) is 0 Å². The zero-order valence-corrected chi connectivity index (χ0v) is 9.29. The Bertz CT molecular complexity index is 278. The van der Waals surface area contributed by atoms with E-state index in [1.807, 2.05) is 0 Å². The third-order valence-corrected chi connectivity index (χ3v) is 1.21. The van der Waals surface area contributed by atoms with Crippen molar-refractivity contribution >= 4 is 12.1 Å². The van der Waals surface area contributed by atoms with Crippen LogP contribution < -0.4 is 11.1 Å². The number of nitrogens with one attached hydrogen (secondary N) is 1. The van der Waals surface area contributed by atoms with E-state index in [1.54, 1.807) is 20.8 Å². The van der Waals surface area contributed by atoms with Crippen LogP contribution in [0.4, 0.5) is 4.79 Å². The van der Waals surface area contributed by atoms with Crippen LogP contribution in [0.15, 0.2) is 11.9 Å². The number of nitrogens with two attached hydrogens (primary N) is 1. The Morgan fingerprint density at radius 3 is 2.20 bits per heavy atom. The molecule has 6 heteroatoms. The van der Waals surface area contributed by atoms with Crippen LogP contribution in [-0.4, -0.2) is 24.8 Å². The van der Waals surface area contributed by atoms with Gasteiger partial charge in [-0.1, -0.05) is 0 Å². The van der Waals surface area contributed by atoms with E-state index >= 15 is 0 Å². The fraction of sp³-hybridized carbons (Fsp3) is 0.556. The lowest BCUT2D eigenvalue weighted by Gasteiger charge is -2.19. The highest BCUT2D eigenvalue weighted by molar-refractivity contribution is 5.92. The molecular weight excluding hydrogens is 200 g/mol. The largest absolute Gasteiger partial charge is 0.464 e. The molecule has 0 aliphatic heterocycles. The lowest BCUT2D eigenvalue weighted by Crippen LogP contribution is -2.34.